The molecule has 1 saturated carbocycles. The van der Waals surface area contributed by atoms with Gasteiger partial charge >= 0.3 is 6.03 Å². The summed E-state index contributed by atoms with van der Waals surface area (Å²) >= 11 is 12.0. The Labute approximate surface area is 213 Å². The number of likely N-dealkylation sites (tertiary alicyclic amines) is 1. The number of nitrogens with zero attached hydrogens (tertiary/aromatic N) is 3. The van der Waals surface area contributed by atoms with Crippen LogP contribution in [0.4, 0.5) is 19.3 Å². The van der Waals surface area contributed by atoms with Crippen LogP contribution in [0.15, 0.2) is 18.2 Å². The van der Waals surface area contributed by atoms with Crippen molar-refractivity contribution in [2.45, 2.75) is 56.7 Å². The summed E-state index contributed by atoms with van der Waals surface area (Å²) in [5, 5.41) is 3.48. The van der Waals surface area contributed by atoms with Crippen LogP contribution in [-0.2, 0) is 9.53 Å². The van der Waals surface area contributed by atoms with Gasteiger partial charge in [0.1, 0.15) is 6.04 Å². The monoisotopic (exact) mass is 530 g/mol. The van der Waals surface area contributed by atoms with Gasteiger partial charge in [0.25, 0.3) is 5.92 Å². The maximum absolute atomic E-state index is 14.6. The van der Waals surface area contributed by atoms with E-state index in [0.29, 0.717) is 74.3 Å². The number of alkyl halides is 2. The zero-order valence-corrected chi connectivity index (χ0v) is 21.1. The first-order valence-electron chi connectivity index (χ1n) is 12.1. The second-order valence-corrected chi connectivity index (χ2v) is 11.1. The van der Waals surface area contributed by atoms with Gasteiger partial charge in [0.15, 0.2) is 0 Å². The van der Waals surface area contributed by atoms with Crippen molar-refractivity contribution >= 4 is 40.8 Å². The maximum Gasteiger partial charge on any atom is 0.322 e. The highest BCUT2D eigenvalue weighted by molar-refractivity contribution is 6.42. The van der Waals surface area contributed by atoms with Gasteiger partial charge in [-0.1, -0.05) is 23.2 Å². The molecule has 1 N–H and O–H groups in total. The van der Waals surface area contributed by atoms with E-state index >= 15 is 0 Å². The molecule has 0 radical (unpaired) electrons. The second kappa shape index (κ2) is 9.32. The number of anilines is 1. The number of hydrogen-bond acceptors (Lipinski definition) is 4. The van der Waals surface area contributed by atoms with E-state index in [9.17, 15) is 18.4 Å². The Morgan fingerprint density at radius 2 is 1.97 bits per heavy atom. The van der Waals surface area contributed by atoms with Crippen molar-refractivity contribution in [3.8, 4) is 0 Å². The molecule has 3 atom stereocenters. The molecule has 0 unspecified atom stereocenters. The van der Waals surface area contributed by atoms with Crippen LogP contribution < -0.4 is 5.32 Å². The summed E-state index contributed by atoms with van der Waals surface area (Å²) in [7, 11) is 0. The zero-order valence-electron chi connectivity index (χ0n) is 19.6. The summed E-state index contributed by atoms with van der Waals surface area (Å²) < 4.78 is 34.9. The maximum atomic E-state index is 14.6. The predicted molar refractivity (Wildman–Crippen MR) is 129 cm³/mol. The van der Waals surface area contributed by atoms with Crippen LogP contribution in [0.5, 0.6) is 0 Å². The summed E-state index contributed by atoms with van der Waals surface area (Å²) in [4.78, 5) is 31.5. The van der Waals surface area contributed by atoms with Crippen LogP contribution in [0, 0.1) is 5.41 Å². The largest absolute Gasteiger partial charge is 0.377 e. The standard InChI is InChI=1S/C24H30Cl2F2N4O3/c1-15-21(33)32-17(4-8-30-9-7-23(5-6-23)24(27,28)14-30)12-35-13-18(32)11-31(15)22(34)29-16-2-3-19(25)20(26)10-16/h2-3,10,15,17-18H,4-9,11-14H2,1H3,(H,29,34)/t15-,17-,18+/m0/s1. The minimum atomic E-state index is -2.64. The van der Waals surface area contributed by atoms with Crippen molar-refractivity contribution in [1.29, 1.82) is 0 Å². The van der Waals surface area contributed by atoms with Gasteiger partial charge in [-0.2, -0.15) is 0 Å². The number of hydrogen-bond donors (Lipinski definition) is 1. The van der Waals surface area contributed by atoms with Crippen molar-refractivity contribution in [3.63, 3.8) is 0 Å². The zero-order chi connectivity index (χ0) is 25.0. The third-order valence-corrected chi connectivity index (χ3v) is 8.80. The van der Waals surface area contributed by atoms with E-state index in [-0.39, 0.29) is 24.5 Å². The molecule has 0 aromatic heterocycles. The first-order chi connectivity index (χ1) is 16.6. The smallest absolute Gasteiger partial charge is 0.322 e. The molecule has 0 bridgehead atoms. The number of benzene rings is 1. The molecular formula is C24H30Cl2F2N4O3. The Morgan fingerprint density at radius 1 is 1.20 bits per heavy atom. The molecular weight excluding hydrogens is 501 g/mol. The Kier molecular flexibility index (Phi) is 6.66. The molecule has 192 valence electrons. The molecule has 3 heterocycles. The minimum Gasteiger partial charge on any atom is -0.377 e. The van der Waals surface area contributed by atoms with Gasteiger partial charge in [-0.25, -0.2) is 13.6 Å². The second-order valence-electron chi connectivity index (χ2n) is 10.3. The number of fused-ring (bicyclic) bond motifs is 1. The fourth-order valence-electron chi connectivity index (χ4n) is 5.66. The minimum absolute atomic E-state index is 0.153. The van der Waals surface area contributed by atoms with Crippen LogP contribution in [0.3, 0.4) is 0 Å². The number of rotatable bonds is 4. The molecule has 1 aliphatic carbocycles. The van der Waals surface area contributed by atoms with Crippen molar-refractivity contribution in [1.82, 2.24) is 14.7 Å². The van der Waals surface area contributed by atoms with Gasteiger partial charge in [0.2, 0.25) is 5.91 Å². The van der Waals surface area contributed by atoms with E-state index in [4.69, 9.17) is 27.9 Å². The van der Waals surface area contributed by atoms with Crippen LogP contribution in [0.2, 0.25) is 10.0 Å². The molecule has 4 fully saturated rings. The Bertz CT molecular complexity index is 1010. The van der Waals surface area contributed by atoms with Crippen molar-refractivity contribution in [2.75, 3.05) is 44.7 Å². The molecule has 1 spiro atoms. The number of ether oxygens (including phenoxy) is 1. The van der Waals surface area contributed by atoms with E-state index in [0.717, 1.165) is 0 Å². The number of carbonyl (C=O) groups is 2. The number of halogens is 4. The lowest BCUT2D eigenvalue weighted by Gasteiger charge is -2.50. The molecule has 3 aliphatic heterocycles. The van der Waals surface area contributed by atoms with Crippen molar-refractivity contribution in [2.24, 2.45) is 5.41 Å². The van der Waals surface area contributed by atoms with E-state index in [1.807, 2.05) is 9.80 Å². The number of piperazine rings is 1. The summed E-state index contributed by atoms with van der Waals surface area (Å²) in [5.41, 5.74) is -0.280. The van der Waals surface area contributed by atoms with E-state index in [2.05, 4.69) is 5.32 Å². The highest BCUT2D eigenvalue weighted by atomic mass is 35.5. The lowest BCUT2D eigenvalue weighted by atomic mass is 9.89. The molecule has 7 nitrogen and oxygen atoms in total. The average Bonchev–Trinajstić information content (AvgIpc) is 3.61. The fourth-order valence-corrected chi connectivity index (χ4v) is 5.95. The number of nitrogens with one attached hydrogen (secondary N) is 1. The topological polar surface area (TPSA) is 65.1 Å². The molecule has 4 aliphatic rings. The van der Waals surface area contributed by atoms with Crippen molar-refractivity contribution < 1.29 is 23.1 Å². The molecule has 11 heteroatoms. The number of urea groups is 1. The molecule has 5 rings (SSSR count). The normalized spacial score (nSPS) is 29.7. The van der Waals surface area contributed by atoms with Crippen LogP contribution in [0.1, 0.15) is 32.6 Å². The molecule has 3 amide bonds. The average molecular weight is 531 g/mol. The summed E-state index contributed by atoms with van der Waals surface area (Å²) in [6.45, 7) is 3.68. The number of carbonyl (C=O) groups excluding carboxylic acids is 2. The first kappa shape index (κ1) is 25.0. The van der Waals surface area contributed by atoms with Gasteiger partial charge in [-0.05, 0) is 57.4 Å². The Balaban J connectivity index is 1.20. The lowest BCUT2D eigenvalue weighted by Crippen LogP contribution is -2.68. The first-order valence-corrected chi connectivity index (χ1v) is 12.9. The summed E-state index contributed by atoms with van der Waals surface area (Å²) in [6, 6.07) is 3.24. The Hall–Kier alpha value is -1.68. The third-order valence-electron chi connectivity index (χ3n) is 8.06. The summed E-state index contributed by atoms with van der Waals surface area (Å²) in [5.74, 6) is -2.80. The predicted octanol–water partition coefficient (Wildman–Crippen LogP) is 4.34. The van der Waals surface area contributed by atoms with E-state index < -0.39 is 23.4 Å². The SMILES string of the molecule is C[C@H]1C(=O)N2[C@@H](CCN3CCC4(CC4)C(F)(F)C3)COC[C@H]2CN1C(=O)Nc1ccc(Cl)c(Cl)c1. The van der Waals surface area contributed by atoms with Gasteiger partial charge in [-0.15, -0.1) is 0 Å². The Morgan fingerprint density at radius 3 is 2.66 bits per heavy atom. The van der Waals surface area contributed by atoms with Gasteiger partial charge in [0.05, 0.1) is 41.9 Å². The number of morpholine rings is 1. The van der Waals surface area contributed by atoms with Gasteiger partial charge in [0, 0.05) is 24.2 Å². The quantitative estimate of drug-likeness (QED) is 0.628. The van der Waals surface area contributed by atoms with Crippen molar-refractivity contribution in [3.05, 3.63) is 28.2 Å². The van der Waals surface area contributed by atoms with Crippen LogP contribution >= 0.6 is 23.2 Å². The highest BCUT2D eigenvalue weighted by Crippen LogP contribution is 2.61. The molecule has 1 aromatic carbocycles. The summed E-state index contributed by atoms with van der Waals surface area (Å²) in [6.07, 6.45) is 2.35. The molecule has 35 heavy (non-hydrogen) atoms. The fraction of sp³-hybridized carbons (Fsp3) is 0.667. The van der Waals surface area contributed by atoms with E-state index in [1.54, 1.807) is 25.1 Å². The van der Waals surface area contributed by atoms with E-state index in [1.165, 1.54) is 4.90 Å². The molecule has 1 aromatic rings. The van der Waals surface area contributed by atoms with Crippen LogP contribution in [0.25, 0.3) is 0 Å². The number of amides is 3. The van der Waals surface area contributed by atoms with Gasteiger partial charge < -0.3 is 19.9 Å². The number of piperidine rings is 1. The molecule has 3 saturated heterocycles. The highest BCUT2D eigenvalue weighted by Gasteiger charge is 2.63. The van der Waals surface area contributed by atoms with Gasteiger partial charge in [-0.3, -0.25) is 9.69 Å². The third kappa shape index (κ3) is 4.72. The van der Waals surface area contributed by atoms with Crippen LogP contribution in [-0.4, -0.2) is 90.1 Å². The lowest BCUT2D eigenvalue weighted by molar-refractivity contribution is -0.160.